The average Bonchev–Trinajstić information content (AvgIpc) is 2.72. The minimum Gasteiger partial charge on any atom is -0.478 e. The molecule has 0 fully saturated rings. The zero-order valence-corrected chi connectivity index (χ0v) is 10.7. The number of methoxy groups -OCH3 is 1. The van der Waals surface area contributed by atoms with Crippen molar-refractivity contribution in [2.45, 2.75) is 12.8 Å². The molecule has 1 N–H and O–H groups in total. The molecule has 19 heavy (non-hydrogen) atoms. The number of aromatic nitrogens is 2. The van der Waals surface area contributed by atoms with Gasteiger partial charge in [0.2, 0.25) is 0 Å². The number of nitrogens with zero attached hydrogens (tertiary/aromatic N) is 2. The molecule has 6 heteroatoms. The summed E-state index contributed by atoms with van der Waals surface area (Å²) in [4.78, 5) is 26.4. The molecular formula is C13H14N2O4. The lowest BCUT2D eigenvalue weighted by atomic mass is 10.2. The summed E-state index contributed by atoms with van der Waals surface area (Å²) in [6.45, 7) is 0. The molecule has 0 bridgehead atoms. The van der Waals surface area contributed by atoms with E-state index in [2.05, 4.69) is 9.72 Å². The lowest BCUT2D eigenvalue weighted by molar-refractivity contribution is -0.140. The van der Waals surface area contributed by atoms with Crippen molar-refractivity contribution in [3.63, 3.8) is 0 Å². The van der Waals surface area contributed by atoms with Gasteiger partial charge in [0.1, 0.15) is 5.82 Å². The maximum Gasteiger partial charge on any atom is 0.335 e. The van der Waals surface area contributed by atoms with E-state index in [1.807, 2.05) is 11.6 Å². The Balaban J connectivity index is 2.33. The Bertz CT molecular complexity index is 645. The van der Waals surface area contributed by atoms with Crippen molar-refractivity contribution in [3.8, 4) is 0 Å². The summed E-state index contributed by atoms with van der Waals surface area (Å²) in [6, 6.07) is 4.78. The van der Waals surface area contributed by atoms with Gasteiger partial charge < -0.3 is 14.4 Å². The number of imidazole rings is 1. The highest BCUT2D eigenvalue weighted by Gasteiger charge is 2.12. The van der Waals surface area contributed by atoms with Gasteiger partial charge in [0, 0.05) is 13.5 Å². The Morgan fingerprint density at radius 2 is 2.16 bits per heavy atom. The van der Waals surface area contributed by atoms with Gasteiger partial charge in [0.25, 0.3) is 0 Å². The van der Waals surface area contributed by atoms with Gasteiger partial charge in [-0.05, 0) is 18.2 Å². The SMILES string of the molecule is COC(=O)CCc1nc2cc(C(=O)O)ccc2n1C. The second-order valence-electron chi connectivity index (χ2n) is 4.17. The fourth-order valence-corrected chi connectivity index (χ4v) is 1.92. The Kier molecular flexibility index (Phi) is 3.50. The topological polar surface area (TPSA) is 81.4 Å². The molecule has 0 amide bonds. The first kappa shape index (κ1) is 13.1. The molecule has 1 aromatic carbocycles. The summed E-state index contributed by atoms with van der Waals surface area (Å²) >= 11 is 0. The normalized spacial score (nSPS) is 10.6. The summed E-state index contributed by atoms with van der Waals surface area (Å²) in [5, 5.41) is 8.93. The lowest BCUT2D eigenvalue weighted by Crippen LogP contribution is -2.05. The molecule has 0 aliphatic heterocycles. The zero-order chi connectivity index (χ0) is 14.0. The summed E-state index contributed by atoms with van der Waals surface area (Å²) in [5.74, 6) is -0.551. The van der Waals surface area contributed by atoms with Gasteiger partial charge in [-0.15, -0.1) is 0 Å². The highest BCUT2D eigenvalue weighted by molar-refractivity contribution is 5.92. The van der Waals surface area contributed by atoms with Crippen LogP contribution in [0.3, 0.4) is 0 Å². The van der Waals surface area contributed by atoms with Crippen LogP contribution in [0.1, 0.15) is 22.6 Å². The summed E-state index contributed by atoms with van der Waals surface area (Å²) in [6.07, 6.45) is 0.708. The van der Waals surface area contributed by atoms with Crippen LogP contribution in [-0.2, 0) is 23.0 Å². The number of fused-ring (bicyclic) bond motifs is 1. The Morgan fingerprint density at radius 1 is 1.42 bits per heavy atom. The lowest BCUT2D eigenvalue weighted by Gasteiger charge is -2.01. The van der Waals surface area contributed by atoms with E-state index in [1.165, 1.54) is 19.2 Å². The van der Waals surface area contributed by atoms with Crippen LogP contribution in [0.5, 0.6) is 0 Å². The van der Waals surface area contributed by atoms with Gasteiger partial charge in [0.15, 0.2) is 0 Å². The second kappa shape index (κ2) is 5.09. The number of esters is 1. The third-order valence-electron chi connectivity index (χ3n) is 3.00. The van der Waals surface area contributed by atoms with E-state index in [0.717, 1.165) is 11.3 Å². The van der Waals surface area contributed by atoms with E-state index in [0.29, 0.717) is 11.9 Å². The van der Waals surface area contributed by atoms with E-state index >= 15 is 0 Å². The van der Waals surface area contributed by atoms with Crippen molar-refractivity contribution >= 4 is 23.0 Å². The average molecular weight is 262 g/mol. The Morgan fingerprint density at radius 3 is 2.79 bits per heavy atom. The Labute approximate surface area is 109 Å². The van der Waals surface area contributed by atoms with Gasteiger partial charge in [0.05, 0.1) is 30.1 Å². The molecule has 6 nitrogen and oxygen atoms in total. The first-order valence-corrected chi connectivity index (χ1v) is 5.78. The van der Waals surface area contributed by atoms with E-state index in [-0.39, 0.29) is 18.0 Å². The molecule has 0 atom stereocenters. The molecule has 1 heterocycles. The molecule has 1 aromatic heterocycles. The first-order valence-electron chi connectivity index (χ1n) is 5.78. The van der Waals surface area contributed by atoms with Gasteiger partial charge in [-0.1, -0.05) is 0 Å². The number of carbonyl (C=O) groups excluding carboxylic acids is 1. The van der Waals surface area contributed by atoms with Crippen molar-refractivity contribution in [3.05, 3.63) is 29.6 Å². The number of hydrogen-bond donors (Lipinski definition) is 1. The van der Waals surface area contributed by atoms with Crippen LogP contribution in [0.2, 0.25) is 0 Å². The van der Waals surface area contributed by atoms with Crippen LogP contribution in [0, 0.1) is 0 Å². The molecule has 100 valence electrons. The maximum atomic E-state index is 11.1. The van der Waals surface area contributed by atoms with E-state index in [4.69, 9.17) is 5.11 Å². The molecule has 0 saturated heterocycles. The predicted molar refractivity (Wildman–Crippen MR) is 68.0 cm³/mol. The van der Waals surface area contributed by atoms with Crippen LogP contribution in [0.15, 0.2) is 18.2 Å². The van der Waals surface area contributed by atoms with Crippen LogP contribution in [0.4, 0.5) is 0 Å². The summed E-state index contributed by atoms with van der Waals surface area (Å²) < 4.78 is 6.43. The highest BCUT2D eigenvalue weighted by Crippen LogP contribution is 2.17. The van der Waals surface area contributed by atoms with Crippen LogP contribution < -0.4 is 0 Å². The molecule has 0 aliphatic rings. The Hall–Kier alpha value is -2.37. The molecule has 0 saturated carbocycles. The second-order valence-corrected chi connectivity index (χ2v) is 4.17. The van der Waals surface area contributed by atoms with Gasteiger partial charge in [-0.25, -0.2) is 9.78 Å². The van der Waals surface area contributed by atoms with Crippen LogP contribution in [0.25, 0.3) is 11.0 Å². The third-order valence-corrected chi connectivity index (χ3v) is 3.00. The maximum absolute atomic E-state index is 11.1. The molecule has 2 aromatic rings. The van der Waals surface area contributed by atoms with Gasteiger partial charge in [-0.2, -0.15) is 0 Å². The third kappa shape index (κ3) is 2.57. The standard InChI is InChI=1S/C13H14N2O4/c1-15-10-4-3-8(13(17)18)7-9(10)14-11(15)5-6-12(16)19-2/h3-4,7H,5-6H2,1-2H3,(H,17,18). The molecule has 0 spiro atoms. The molecule has 0 unspecified atom stereocenters. The van der Waals surface area contributed by atoms with E-state index in [9.17, 15) is 9.59 Å². The van der Waals surface area contributed by atoms with Crippen molar-refractivity contribution in [2.24, 2.45) is 7.05 Å². The first-order chi connectivity index (χ1) is 9.02. The summed E-state index contributed by atoms with van der Waals surface area (Å²) in [7, 11) is 3.18. The minimum absolute atomic E-state index is 0.199. The number of ether oxygens (including phenoxy) is 1. The number of carboxylic acid groups (broad SMARTS) is 1. The van der Waals surface area contributed by atoms with Gasteiger partial charge >= 0.3 is 11.9 Å². The fraction of sp³-hybridized carbons (Fsp3) is 0.308. The monoisotopic (exact) mass is 262 g/mol. The molecule has 0 aliphatic carbocycles. The number of aromatic carboxylic acids is 1. The van der Waals surface area contributed by atoms with Crippen molar-refractivity contribution in [1.82, 2.24) is 9.55 Å². The van der Waals surface area contributed by atoms with Crippen molar-refractivity contribution < 1.29 is 19.4 Å². The number of rotatable bonds is 4. The van der Waals surface area contributed by atoms with E-state index in [1.54, 1.807) is 6.07 Å². The molecule has 2 rings (SSSR count). The smallest absolute Gasteiger partial charge is 0.335 e. The number of carboxylic acids is 1. The molecular weight excluding hydrogens is 248 g/mol. The number of benzene rings is 1. The van der Waals surface area contributed by atoms with Crippen LogP contribution in [-0.4, -0.2) is 33.7 Å². The van der Waals surface area contributed by atoms with Crippen molar-refractivity contribution in [2.75, 3.05) is 7.11 Å². The van der Waals surface area contributed by atoms with Crippen molar-refractivity contribution in [1.29, 1.82) is 0 Å². The number of carbonyl (C=O) groups is 2. The molecule has 0 radical (unpaired) electrons. The van der Waals surface area contributed by atoms with Gasteiger partial charge in [-0.3, -0.25) is 4.79 Å². The predicted octanol–water partition coefficient (Wildman–Crippen LogP) is 1.38. The largest absolute Gasteiger partial charge is 0.478 e. The number of hydrogen-bond acceptors (Lipinski definition) is 4. The number of aryl methyl sites for hydroxylation is 2. The minimum atomic E-state index is -0.983. The fourth-order valence-electron chi connectivity index (χ4n) is 1.92. The summed E-state index contributed by atoms with van der Waals surface area (Å²) in [5.41, 5.74) is 1.65. The highest BCUT2D eigenvalue weighted by atomic mass is 16.5. The van der Waals surface area contributed by atoms with E-state index < -0.39 is 5.97 Å². The quantitative estimate of drug-likeness (QED) is 0.842. The van der Waals surface area contributed by atoms with Crippen LogP contribution >= 0.6 is 0 Å². The zero-order valence-electron chi connectivity index (χ0n) is 10.7.